The second-order valence-electron chi connectivity index (χ2n) is 6.85. The first-order valence-electron chi connectivity index (χ1n) is 9.78. The van der Waals surface area contributed by atoms with Crippen LogP contribution in [-0.4, -0.2) is 12.5 Å². The fourth-order valence-electron chi connectivity index (χ4n) is 3.07. The Bertz CT molecular complexity index is 1200. The summed E-state index contributed by atoms with van der Waals surface area (Å²) in [6.45, 7) is 2.26. The summed E-state index contributed by atoms with van der Waals surface area (Å²) in [6.07, 6.45) is 1.88. The first-order valence-corrected chi connectivity index (χ1v) is 10.6. The maximum absolute atomic E-state index is 13.6. The summed E-state index contributed by atoms with van der Waals surface area (Å²) in [4.78, 5) is 12.5. The molecule has 0 spiro atoms. The Morgan fingerprint density at radius 2 is 1.88 bits per heavy atom. The van der Waals surface area contributed by atoms with Crippen molar-refractivity contribution in [2.75, 3.05) is 11.9 Å². The zero-order chi connectivity index (χ0) is 23.1. The van der Waals surface area contributed by atoms with E-state index in [1.165, 1.54) is 42.5 Å². The first-order chi connectivity index (χ1) is 15.4. The van der Waals surface area contributed by atoms with Gasteiger partial charge in [-0.05, 0) is 72.7 Å². The van der Waals surface area contributed by atoms with Crippen molar-refractivity contribution in [1.29, 1.82) is 5.26 Å². The van der Waals surface area contributed by atoms with Gasteiger partial charge >= 0.3 is 0 Å². The lowest BCUT2D eigenvalue weighted by atomic mass is 10.0. The van der Waals surface area contributed by atoms with E-state index in [0.717, 1.165) is 11.1 Å². The molecule has 0 aliphatic carbocycles. The van der Waals surface area contributed by atoms with E-state index in [2.05, 4.69) is 21.2 Å². The van der Waals surface area contributed by atoms with Gasteiger partial charge in [-0.15, -0.1) is 0 Å². The molecule has 7 heteroatoms. The third-order valence-corrected chi connectivity index (χ3v) is 5.23. The Kier molecular flexibility index (Phi) is 7.74. The molecule has 3 aromatic carbocycles. The van der Waals surface area contributed by atoms with Gasteiger partial charge < -0.3 is 10.1 Å². The first kappa shape index (κ1) is 23.2. The molecular weight excluding hydrogens is 478 g/mol. The second-order valence-corrected chi connectivity index (χ2v) is 7.70. The van der Waals surface area contributed by atoms with Gasteiger partial charge in [0, 0.05) is 22.1 Å². The molecule has 3 aromatic rings. The molecule has 162 valence electrons. The molecule has 0 aliphatic heterocycles. The van der Waals surface area contributed by atoms with E-state index in [9.17, 15) is 18.8 Å². The number of anilines is 1. The highest BCUT2D eigenvalue weighted by Gasteiger charge is 2.14. The van der Waals surface area contributed by atoms with Crippen molar-refractivity contribution in [2.24, 2.45) is 0 Å². The number of nitrogens with zero attached hydrogens (tertiary/aromatic N) is 1. The summed E-state index contributed by atoms with van der Waals surface area (Å²) < 4.78 is 33.1. The number of nitrogens with one attached hydrogen (secondary N) is 1. The van der Waals surface area contributed by atoms with E-state index in [-0.39, 0.29) is 11.4 Å². The Hall–Kier alpha value is -3.50. The van der Waals surface area contributed by atoms with Gasteiger partial charge in [-0.25, -0.2) is 8.78 Å². The molecule has 1 amide bonds. The molecule has 3 rings (SSSR count). The van der Waals surface area contributed by atoms with Crippen molar-refractivity contribution >= 4 is 33.6 Å². The van der Waals surface area contributed by atoms with Crippen LogP contribution in [0.25, 0.3) is 6.08 Å². The molecule has 0 unspecified atom stereocenters. The number of hydrogen-bond acceptors (Lipinski definition) is 3. The highest BCUT2D eigenvalue weighted by Crippen LogP contribution is 2.32. The van der Waals surface area contributed by atoms with Crippen molar-refractivity contribution in [1.82, 2.24) is 0 Å². The van der Waals surface area contributed by atoms with Crippen molar-refractivity contribution in [3.05, 3.63) is 99.0 Å². The third-order valence-electron chi connectivity index (χ3n) is 4.52. The van der Waals surface area contributed by atoms with Crippen LogP contribution in [0.4, 0.5) is 14.5 Å². The van der Waals surface area contributed by atoms with Gasteiger partial charge in [0.25, 0.3) is 5.91 Å². The lowest BCUT2D eigenvalue weighted by Crippen LogP contribution is -2.13. The minimum atomic E-state index is -0.614. The summed E-state index contributed by atoms with van der Waals surface area (Å²) in [5.41, 5.74) is 2.44. The molecule has 0 heterocycles. The maximum atomic E-state index is 13.6. The van der Waals surface area contributed by atoms with Crippen LogP contribution in [0.1, 0.15) is 23.6 Å². The predicted molar refractivity (Wildman–Crippen MR) is 123 cm³/mol. The van der Waals surface area contributed by atoms with Crippen LogP contribution >= 0.6 is 15.9 Å². The SMILES string of the molecule is CCOc1cc(/C=C(\C#N)C(=O)Nc2ccc(F)cc2)cc(Br)c1Cc1cccc(F)c1. The fraction of sp³-hybridized carbons (Fsp3) is 0.120. The number of carbonyl (C=O) groups is 1. The van der Waals surface area contributed by atoms with Crippen LogP contribution in [0.3, 0.4) is 0 Å². The highest BCUT2D eigenvalue weighted by atomic mass is 79.9. The Labute approximate surface area is 193 Å². The number of amides is 1. The zero-order valence-corrected chi connectivity index (χ0v) is 18.7. The van der Waals surface area contributed by atoms with Gasteiger partial charge in [0.05, 0.1) is 6.61 Å². The van der Waals surface area contributed by atoms with Gasteiger partial charge in [0.15, 0.2) is 0 Å². The van der Waals surface area contributed by atoms with Crippen LogP contribution in [0, 0.1) is 23.0 Å². The lowest BCUT2D eigenvalue weighted by molar-refractivity contribution is -0.112. The summed E-state index contributed by atoms with van der Waals surface area (Å²) in [5, 5.41) is 12.0. The van der Waals surface area contributed by atoms with Crippen LogP contribution < -0.4 is 10.1 Å². The third kappa shape index (κ3) is 6.02. The fourth-order valence-corrected chi connectivity index (χ4v) is 3.67. The topological polar surface area (TPSA) is 62.1 Å². The molecule has 0 aromatic heterocycles. The minimum absolute atomic E-state index is 0.124. The summed E-state index contributed by atoms with van der Waals surface area (Å²) in [7, 11) is 0. The number of rotatable bonds is 7. The van der Waals surface area contributed by atoms with Gasteiger partial charge in [-0.3, -0.25) is 4.79 Å². The molecule has 0 fully saturated rings. The van der Waals surface area contributed by atoms with Gasteiger partial charge in [0.2, 0.25) is 0 Å². The van der Waals surface area contributed by atoms with E-state index < -0.39 is 11.7 Å². The van der Waals surface area contributed by atoms with Crippen LogP contribution in [0.5, 0.6) is 5.75 Å². The lowest BCUT2D eigenvalue weighted by Gasteiger charge is -2.14. The van der Waals surface area contributed by atoms with Crippen molar-refractivity contribution in [3.63, 3.8) is 0 Å². The van der Waals surface area contributed by atoms with Crippen LogP contribution in [-0.2, 0) is 11.2 Å². The van der Waals surface area contributed by atoms with Gasteiger partial charge in [-0.2, -0.15) is 5.26 Å². The second kappa shape index (κ2) is 10.7. The monoisotopic (exact) mass is 496 g/mol. The van der Waals surface area contributed by atoms with E-state index in [0.29, 0.717) is 34.5 Å². The Morgan fingerprint density at radius 1 is 1.12 bits per heavy atom. The number of benzene rings is 3. The maximum Gasteiger partial charge on any atom is 0.266 e. The molecular formula is C25H19BrF2N2O2. The average molecular weight is 497 g/mol. The highest BCUT2D eigenvalue weighted by molar-refractivity contribution is 9.10. The standard InChI is InChI=1S/C25H19BrF2N2O2/c1-2-32-24-14-17(13-23(26)22(24)12-16-4-3-5-20(28)11-16)10-18(15-29)25(31)30-21-8-6-19(27)7-9-21/h3-11,13-14H,2,12H2,1H3,(H,30,31)/b18-10+. The summed E-state index contributed by atoms with van der Waals surface area (Å²) >= 11 is 3.53. The molecule has 0 aliphatic rings. The number of nitriles is 1. The molecule has 0 bridgehead atoms. The molecule has 0 saturated carbocycles. The summed E-state index contributed by atoms with van der Waals surface area (Å²) in [5.74, 6) is -0.793. The largest absolute Gasteiger partial charge is 0.494 e. The molecule has 0 radical (unpaired) electrons. The van der Waals surface area contributed by atoms with E-state index in [4.69, 9.17) is 4.74 Å². The summed E-state index contributed by atoms with van der Waals surface area (Å²) in [6, 6.07) is 17.0. The van der Waals surface area contributed by atoms with Crippen molar-refractivity contribution < 1.29 is 18.3 Å². The molecule has 0 saturated heterocycles. The number of carbonyl (C=O) groups excluding carboxylic acids is 1. The van der Waals surface area contributed by atoms with Crippen molar-refractivity contribution in [3.8, 4) is 11.8 Å². The van der Waals surface area contributed by atoms with E-state index >= 15 is 0 Å². The van der Waals surface area contributed by atoms with E-state index in [1.54, 1.807) is 18.2 Å². The van der Waals surface area contributed by atoms with Crippen LogP contribution in [0.15, 0.2) is 70.7 Å². The van der Waals surface area contributed by atoms with Crippen LogP contribution in [0.2, 0.25) is 0 Å². The Morgan fingerprint density at radius 3 is 2.53 bits per heavy atom. The van der Waals surface area contributed by atoms with E-state index in [1.807, 2.05) is 19.1 Å². The van der Waals surface area contributed by atoms with Crippen molar-refractivity contribution in [2.45, 2.75) is 13.3 Å². The van der Waals surface area contributed by atoms with Gasteiger partial charge in [-0.1, -0.05) is 28.1 Å². The smallest absolute Gasteiger partial charge is 0.266 e. The van der Waals surface area contributed by atoms with Gasteiger partial charge in [0.1, 0.15) is 29.0 Å². The quantitative estimate of drug-likeness (QED) is 0.310. The number of ether oxygens (including phenoxy) is 1. The predicted octanol–water partition coefficient (Wildman–Crippen LogP) is 6.26. The minimum Gasteiger partial charge on any atom is -0.494 e. The molecule has 1 N–H and O–H groups in total. The molecule has 0 atom stereocenters. The molecule has 4 nitrogen and oxygen atoms in total. The molecule has 32 heavy (non-hydrogen) atoms. The number of hydrogen-bond donors (Lipinski definition) is 1. The Balaban J connectivity index is 1.90. The number of halogens is 3. The average Bonchev–Trinajstić information content (AvgIpc) is 2.76. The normalized spacial score (nSPS) is 11.0. The zero-order valence-electron chi connectivity index (χ0n) is 17.2.